The van der Waals surface area contributed by atoms with Crippen LogP contribution in [0.3, 0.4) is 0 Å². The summed E-state index contributed by atoms with van der Waals surface area (Å²) in [5.74, 6) is 0.286. The molecule has 2 aromatic rings. The fraction of sp³-hybridized carbons (Fsp3) is 0.458. The van der Waals surface area contributed by atoms with Crippen LogP contribution in [0.4, 0.5) is 5.69 Å². The lowest BCUT2D eigenvalue weighted by Gasteiger charge is -2.39. The van der Waals surface area contributed by atoms with Crippen molar-refractivity contribution in [3.8, 4) is 0 Å². The van der Waals surface area contributed by atoms with Crippen molar-refractivity contribution in [1.29, 1.82) is 0 Å². The molecule has 0 spiro atoms. The summed E-state index contributed by atoms with van der Waals surface area (Å²) >= 11 is 0. The monoisotopic (exact) mass is 392 g/mol. The third-order valence-corrected chi connectivity index (χ3v) is 6.16. The maximum atomic E-state index is 12.8. The first-order chi connectivity index (χ1) is 14.2. The van der Waals surface area contributed by atoms with Gasteiger partial charge >= 0.3 is 0 Å². The van der Waals surface area contributed by atoms with Gasteiger partial charge in [0.15, 0.2) is 0 Å². The van der Waals surface area contributed by atoms with Gasteiger partial charge in [-0.15, -0.1) is 0 Å². The Morgan fingerprint density at radius 2 is 1.38 bits per heavy atom. The molecule has 2 saturated heterocycles. The fourth-order valence-electron chi connectivity index (χ4n) is 4.35. The summed E-state index contributed by atoms with van der Waals surface area (Å²) in [4.78, 5) is 22.0. The Kier molecular flexibility index (Phi) is 6.47. The second-order valence-corrected chi connectivity index (χ2v) is 8.19. The number of amides is 1. The van der Waals surface area contributed by atoms with E-state index in [0.717, 1.165) is 58.9 Å². The zero-order valence-corrected chi connectivity index (χ0v) is 17.5. The molecule has 2 heterocycles. The molecule has 5 nitrogen and oxygen atoms in total. The molecule has 0 unspecified atom stereocenters. The van der Waals surface area contributed by atoms with Gasteiger partial charge in [0.1, 0.15) is 0 Å². The molecule has 0 atom stereocenters. The molecule has 4 rings (SSSR count). The Morgan fingerprint density at radius 3 is 2.07 bits per heavy atom. The minimum Gasteiger partial charge on any atom is -0.369 e. The third kappa shape index (κ3) is 5.17. The van der Waals surface area contributed by atoms with Crippen molar-refractivity contribution in [3.63, 3.8) is 0 Å². The van der Waals surface area contributed by atoms with Gasteiger partial charge in [0.25, 0.3) is 0 Å². The molecule has 154 valence electrons. The normalized spacial score (nSPS) is 18.8. The summed E-state index contributed by atoms with van der Waals surface area (Å²) in [6.45, 7) is 11.2. The smallest absolute Gasteiger partial charge is 0.236 e. The zero-order valence-electron chi connectivity index (χ0n) is 17.5. The number of anilines is 1. The average molecular weight is 393 g/mol. The second-order valence-electron chi connectivity index (χ2n) is 8.19. The van der Waals surface area contributed by atoms with Gasteiger partial charge < -0.3 is 9.80 Å². The molecule has 2 aliphatic heterocycles. The van der Waals surface area contributed by atoms with Gasteiger partial charge in [0, 0.05) is 64.6 Å². The van der Waals surface area contributed by atoms with Gasteiger partial charge in [-0.25, -0.2) is 0 Å². The van der Waals surface area contributed by atoms with Crippen LogP contribution >= 0.6 is 0 Å². The number of aryl methyl sites for hydroxylation is 1. The summed E-state index contributed by atoms with van der Waals surface area (Å²) in [5.41, 5.74) is 4.00. The van der Waals surface area contributed by atoms with Crippen molar-refractivity contribution in [2.24, 2.45) is 0 Å². The van der Waals surface area contributed by atoms with E-state index in [4.69, 9.17) is 0 Å². The molecular formula is C24H32N4O. The first-order valence-electron chi connectivity index (χ1n) is 10.8. The van der Waals surface area contributed by atoms with Crippen LogP contribution in [0.5, 0.6) is 0 Å². The van der Waals surface area contributed by atoms with Crippen molar-refractivity contribution >= 4 is 11.6 Å². The quantitative estimate of drug-likeness (QED) is 0.782. The molecule has 5 heteroatoms. The zero-order chi connectivity index (χ0) is 20.1. The Morgan fingerprint density at radius 1 is 0.759 bits per heavy atom. The molecule has 2 aliphatic rings. The summed E-state index contributed by atoms with van der Waals surface area (Å²) in [7, 11) is 0. The number of rotatable bonds is 5. The molecule has 0 radical (unpaired) electrons. The number of hydrogen-bond acceptors (Lipinski definition) is 4. The lowest BCUT2D eigenvalue weighted by Crippen LogP contribution is -2.53. The largest absolute Gasteiger partial charge is 0.369 e. The number of hydrogen-bond donors (Lipinski definition) is 0. The summed E-state index contributed by atoms with van der Waals surface area (Å²) in [6, 6.07) is 19.2. The summed E-state index contributed by atoms with van der Waals surface area (Å²) in [6.07, 6.45) is 0. The lowest BCUT2D eigenvalue weighted by molar-refractivity contribution is -0.134. The fourth-order valence-corrected chi connectivity index (χ4v) is 4.35. The molecule has 2 fully saturated rings. The molecule has 0 aromatic heterocycles. The Balaban J connectivity index is 1.20. The molecule has 2 aromatic carbocycles. The Labute approximate surface area is 174 Å². The van der Waals surface area contributed by atoms with E-state index in [1.54, 1.807) is 0 Å². The van der Waals surface area contributed by atoms with Crippen LogP contribution in [-0.4, -0.2) is 79.5 Å². The second kappa shape index (κ2) is 9.42. The van der Waals surface area contributed by atoms with Crippen molar-refractivity contribution in [2.75, 3.05) is 63.8 Å². The van der Waals surface area contributed by atoms with Gasteiger partial charge in [0.2, 0.25) is 5.91 Å². The van der Waals surface area contributed by atoms with Crippen LogP contribution in [0.15, 0.2) is 54.6 Å². The first kappa shape index (κ1) is 19.9. The minimum absolute atomic E-state index is 0.286. The molecule has 0 saturated carbocycles. The van der Waals surface area contributed by atoms with Crippen molar-refractivity contribution in [2.45, 2.75) is 13.5 Å². The van der Waals surface area contributed by atoms with Crippen LogP contribution in [0, 0.1) is 6.92 Å². The van der Waals surface area contributed by atoms with Crippen LogP contribution in [0.2, 0.25) is 0 Å². The molecule has 0 aliphatic carbocycles. The third-order valence-electron chi connectivity index (χ3n) is 6.16. The van der Waals surface area contributed by atoms with Crippen LogP contribution in [-0.2, 0) is 11.3 Å². The van der Waals surface area contributed by atoms with E-state index in [-0.39, 0.29) is 5.91 Å². The lowest BCUT2D eigenvalue weighted by atomic mass is 10.1. The van der Waals surface area contributed by atoms with E-state index in [2.05, 4.69) is 81.1 Å². The van der Waals surface area contributed by atoms with E-state index >= 15 is 0 Å². The number of piperazine rings is 2. The number of carbonyl (C=O) groups is 1. The van der Waals surface area contributed by atoms with E-state index < -0.39 is 0 Å². The van der Waals surface area contributed by atoms with Crippen LogP contribution < -0.4 is 4.90 Å². The van der Waals surface area contributed by atoms with Crippen molar-refractivity contribution < 1.29 is 4.79 Å². The number of para-hydroxylation sites is 1. The van der Waals surface area contributed by atoms with E-state index in [1.807, 2.05) is 0 Å². The summed E-state index contributed by atoms with van der Waals surface area (Å²) < 4.78 is 0. The Hall–Kier alpha value is -2.37. The maximum Gasteiger partial charge on any atom is 0.236 e. The van der Waals surface area contributed by atoms with Gasteiger partial charge in [-0.2, -0.15) is 0 Å². The number of carbonyl (C=O) groups excluding carboxylic acids is 1. The average Bonchev–Trinajstić information content (AvgIpc) is 2.76. The highest BCUT2D eigenvalue weighted by Crippen LogP contribution is 2.20. The highest BCUT2D eigenvalue weighted by molar-refractivity contribution is 5.78. The van der Waals surface area contributed by atoms with Crippen molar-refractivity contribution in [1.82, 2.24) is 14.7 Å². The van der Waals surface area contributed by atoms with Gasteiger partial charge in [-0.3, -0.25) is 14.6 Å². The van der Waals surface area contributed by atoms with Crippen LogP contribution in [0.25, 0.3) is 0 Å². The predicted molar refractivity (Wildman–Crippen MR) is 118 cm³/mol. The molecule has 0 bridgehead atoms. The van der Waals surface area contributed by atoms with Gasteiger partial charge in [-0.1, -0.05) is 48.5 Å². The predicted octanol–water partition coefficient (Wildman–Crippen LogP) is 2.46. The molecule has 0 N–H and O–H groups in total. The number of nitrogens with zero attached hydrogens (tertiary/aromatic N) is 4. The van der Waals surface area contributed by atoms with E-state index in [0.29, 0.717) is 6.54 Å². The van der Waals surface area contributed by atoms with Gasteiger partial charge in [-0.05, 0) is 24.1 Å². The SMILES string of the molecule is Cc1ccccc1N1CCN(CC(=O)N2CCN(Cc3ccccc3)CC2)CC1. The van der Waals surface area contributed by atoms with Gasteiger partial charge in [0.05, 0.1) is 6.54 Å². The summed E-state index contributed by atoms with van der Waals surface area (Å²) in [5, 5.41) is 0. The Bertz CT molecular complexity index is 794. The van der Waals surface area contributed by atoms with E-state index in [1.165, 1.54) is 16.8 Å². The first-order valence-corrected chi connectivity index (χ1v) is 10.8. The van der Waals surface area contributed by atoms with Crippen molar-refractivity contribution in [3.05, 3.63) is 65.7 Å². The highest BCUT2D eigenvalue weighted by atomic mass is 16.2. The number of benzene rings is 2. The maximum absolute atomic E-state index is 12.8. The van der Waals surface area contributed by atoms with Crippen LogP contribution in [0.1, 0.15) is 11.1 Å². The minimum atomic E-state index is 0.286. The molecule has 1 amide bonds. The topological polar surface area (TPSA) is 30.0 Å². The standard InChI is InChI=1S/C24H32N4O/c1-21-7-5-6-10-23(21)27-15-11-26(12-16-27)20-24(29)28-17-13-25(14-18-28)19-22-8-3-2-4-9-22/h2-10H,11-20H2,1H3. The van der Waals surface area contributed by atoms with E-state index in [9.17, 15) is 4.79 Å². The highest BCUT2D eigenvalue weighted by Gasteiger charge is 2.25. The molecule has 29 heavy (non-hydrogen) atoms. The molecular weight excluding hydrogens is 360 g/mol.